The molecule has 0 radical (unpaired) electrons. The van der Waals surface area contributed by atoms with Crippen LogP contribution in [0.4, 0.5) is 0 Å². The van der Waals surface area contributed by atoms with Gasteiger partial charge in [-0.25, -0.2) is 0 Å². The van der Waals surface area contributed by atoms with Gasteiger partial charge in [0.15, 0.2) is 0 Å². The van der Waals surface area contributed by atoms with Gasteiger partial charge in [0.05, 0.1) is 0 Å². The van der Waals surface area contributed by atoms with Crippen molar-refractivity contribution in [2.24, 2.45) is 0 Å². The van der Waals surface area contributed by atoms with Gasteiger partial charge in [-0.15, -0.1) is 0 Å². The molecule has 0 N–H and O–H groups in total. The Morgan fingerprint density at radius 1 is 1.00 bits per heavy atom. The van der Waals surface area contributed by atoms with Crippen molar-refractivity contribution in [3.63, 3.8) is 0 Å². The zero-order valence-electron chi connectivity index (χ0n) is 12.0. The minimum atomic E-state index is -1.90. The third-order valence-electron chi connectivity index (χ3n) is 3.80. The van der Waals surface area contributed by atoms with Crippen molar-refractivity contribution >= 4 is 8.56 Å². The molecule has 1 rings (SSSR count). The van der Waals surface area contributed by atoms with Crippen LogP contribution in [0, 0.1) is 0 Å². The molecule has 0 amide bonds. The number of hydrogen-bond donors (Lipinski definition) is 0. The Hall–Kier alpha value is 0.137. The molecule has 3 heteroatoms. The van der Waals surface area contributed by atoms with Crippen LogP contribution in [0.25, 0.3) is 0 Å². The summed E-state index contributed by atoms with van der Waals surface area (Å²) in [5.74, 6) is 0. The molecule has 1 fully saturated rings. The molecule has 1 aliphatic rings. The van der Waals surface area contributed by atoms with Gasteiger partial charge in [0.2, 0.25) is 0 Å². The summed E-state index contributed by atoms with van der Waals surface area (Å²) in [6, 6.07) is 1.21. The fourth-order valence-electron chi connectivity index (χ4n) is 2.93. The lowest BCUT2D eigenvalue weighted by Gasteiger charge is -2.35. The first-order chi connectivity index (χ1) is 8.29. The molecular weight excluding hydrogens is 228 g/mol. The van der Waals surface area contributed by atoms with Crippen LogP contribution in [0.2, 0.25) is 11.6 Å². The van der Waals surface area contributed by atoms with Crippen LogP contribution < -0.4 is 0 Å². The van der Waals surface area contributed by atoms with E-state index in [4.69, 9.17) is 8.85 Å². The average molecular weight is 258 g/mol. The van der Waals surface area contributed by atoms with Crippen molar-refractivity contribution in [2.75, 3.05) is 13.2 Å². The summed E-state index contributed by atoms with van der Waals surface area (Å²) in [5, 5.41) is 0. The summed E-state index contributed by atoms with van der Waals surface area (Å²) in [6.45, 7) is 8.31. The molecule has 0 bridgehead atoms. The number of hydrogen-bond acceptors (Lipinski definition) is 2. The first-order valence-corrected chi connectivity index (χ1v) is 9.67. The predicted molar refractivity (Wildman–Crippen MR) is 75.6 cm³/mol. The highest BCUT2D eigenvalue weighted by Crippen LogP contribution is 2.42. The molecule has 2 nitrogen and oxygen atoms in total. The monoisotopic (exact) mass is 258 g/mol. The van der Waals surface area contributed by atoms with Crippen LogP contribution in [-0.4, -0.2) is 21.8 Å². The highest BCUT2D eigenvalue weighted by atomic mass is 28.4. The normalized spacial score (nSPS) is 20.6. The summed E-state index contributed by atoms with van der Waals surface area (Å²) in [4.78, 5) is 0. The quantitative estimate of drug-likeness (QED) is 0.561. The van der Waals surface area contributed by atoms with E-state index >= 15 is 0 Å². The Balaban J connectivity index is 2.67. The standard InChI is InChI=1S/C14H30O2Si/c1-4-7-13-17(15-6-3,16-12-5-2)14-10-8-9-11-14/h14H,4-13H2,1-3H3. The maximum absolute atomic E-state index is 6.32. The molecule has 102 valence electrons. The largest absolute Gasteiger partial charge is 0.394 e. The van der Waals surface area contributed by atoms with Crippen molar-refractivity contribution in [3.05, 3.63) is 0 Å². The van der Waals surface area contributed by atoms with Gasteiger partial charge < -0.3 is 8.85 Å². The van der Waals surface area contributed by atoms with Crippen LogP contribution in [0.3, 0.4) is 0 Å². The van der Waals surface area contributed by atoms with Crippen molar-refractivity contribution in [1.82, 2.24) is 0 Å². The number of rotatable bonds is 9. The molecule has 0 spiro atoms. The van der Waals surface area contributed by atoms with Gasteiger partial charge in [0, 0.05) is 18.8 Å². The summed E-state index contributed by atoms with van der Waals surface area (Å²) < 4.78 is 12.6. The maximum Gasteiger partial charge on any atom is 0.341 e. The van der Waals surface area contributed by atoms with E-state index in [1.54, 1.807) is 0 Å². The van der Waals surface area contributed by atoms with E-state index in [1.807, 2.05) is 0 Å². The highest BCUT2D eigenvalue weighted by Gasteiger charge is 2.45. The molecule has 1 unspecified atom stereocenters. The first kappa shape index (κ1) is 15.2. The summed E-state index contributed by atoms with van der Waals surface area (Å²) in [7, 11) is -1.90. The molecule has 17 heavy (non-hydrogen) atoms. The van der Waals surface area contributed by atoms with E-state index < -0.39 is 8.56 Å². The Morgan fingerprint density at radius 3 is 2.24 bits per heavy atom. The lowest BCUT2D eigenvalue weighted by atomic mass is 10.4. The van der Waals surface area contributed by atoms with Crippen LogP contribution in [0.15, 0.2) is 0 Å². The van der Waals surface area contributed by atoms with Gasteiger partial charge in [-0.3, -0.25) is 0 Å². The van der Waals surface area contributed by atoms with Crippen molar-refractivity contribution in [1.29, 1.82) is 0 Å². The van der Waals surface area contributed by atoms with Gasteiger partial charge in [0.25, 0.3) is 0 Å². The fourth-order valence-corrected chi connectivity index (χ4v) is 7.36. The molecule has 0 aliphatic heterocycles. The predicted octanol–water partition coefficient (Wildman–Crippen LogP) is 4.64. The van der Waals surface area contributed by atoms with Gasteiger partial charge in [-0.2, -0.15) is 0 Å². The Bertz CT molecular complexity index is 183. The second kappa shape index (κ2) is 8.28. The SMILES string of the molecule is CCCC[Si](OCC)(OCCC)C1CCCC1. The number of unbranched alkanes of at least 4 members (excludes halogenated alkanes) is 1. The van der Waals surface area contributed by atoms with Crippen molar-refractivity contribution < 1.29 is 8.85 Å². The first-order valence-electron chi connectivity index (χ1n) is 7.57. The molecule has 0 aromatic heterocycles. The van der Waals surface area contributed by atoms with E-state index in [9.17, 15) is 0 Å². The minimum absolute atomic E-state index is 0.764. The molecule has 0 aromatic carbocycles. The lowest BCUT2D eigenvalue weighted by Crippen LogP contribution is -2.46. The Morgan fingerprint density at radius 2 is 1.71 bits per heavy atom. The summed E-state index contributed by atoms with van der Waals surface area (Å²) in [5.41, 5.74) is 0.764. The van der Waals surface area contributed by atoms with E-state index in [-0.39, 0.29) is 0 Å². The lowest BCUT2D eigenvalue weighted by molar-refractivity contribution is 0.163. The molecule has 1 aliphatic carbocycles. The third kappa shape index (κ3) is 4.38. The van der Waals surface area contributed by atoms with Crippen LogP contribution >= 0.6 is 0 Å². The molecule has 0 aromatic rings. The van der Waals surface area contributed by atoms with Crippen molar-refractivity contribution in [2.45, 2.75) is 77.3 Å². The van der Waals surface area contributed by atoms with Gasteiger partial charge in [-0.1, -0.05) is 39.5 Å². The zero-order valence-corrected chi connectivity index (χ0v) is 13.0. The van der Waals surface area contributed by atoms with Crippen molar-refractivity contribution in [3.8, 4) is 0 Å². The van der Waals surface area contributed by atoms with Crippen LogP contribution in [0.5, 0.6) is 0 Å². The molecule has 0 saturated heterocycles. The van der Waals surface area contributed by atoms with E-state index in [0.717, 1.165) is 25.2 Å². The summed E-state index contributed by atoms with van der Waals surface area (Å²) >= 11 is 0. The minimum Gasteiger partial charge on any atom is -0.394 e. The molecule has 1 atom stereocenters. The Labute approximate surface area is 108 Å². The zero-order chi connectivity index (χ0) is 12.6. The highest BCUT2D eigenvalue weighted by molar-refractivity contribution is 6.69. The third-order valence-corrected chi connectivity index (χ3v) is 8.14. The van der Waals surface area contributed by atoms with Gasteiger partial charge in [-0.05, 0) is 32.2 Å². The second-order valence-corrected chi connectivity index (χ2v) is 8.70. The van der Waals surface area contributed by atoms with E-state index in [0.29, 0.717) is 0 Å². The molecular formula is C14H30O2Si. The molecule has 1 saturated carbocycles. The van der Waals surface area contributed by atoms with Gasteiger partial charge >= 0.3 is 8.56 Å². The maximum atomic E-state index is 6.32. The van der Waals surface area contributed by atoms with E-state index in [2.05, 4.69) is 20.8 Å². The fraction of sp³-hybridized carbons (Fsp3) is 1.00. The smallest absolute Gasteiger partial charge is 0.341 e. The van der Waals surface area contributed by atoms with Gasteiger partial charge in [0.1, 0.15) is 0 Å². The average Bonchev–Trinajstić information content (AvgIpc) is 2.87. The van der Waals surface area contributed by atoms with E-state index in [1.165, 1.54) is 44.6 Å². The molecule has 0 heterocycles. The van der Waals surface area contributed by atoms with Crippen LogP contribution in [-0.2, 0) is 8.85 Å². The topological polar surface area (TPSA) is 18.5 Å². The van der Waals surface area contributed by atoms with Crippen LogP contribution in [0.1, 0.15) is 65.7 Å². The summed E-state index contributed by atoms with van der Waals surface area (Å²) in [6.07, 6.45) is 9.10. The second-order valence-electron chi connectivity index (χ2n) is 5.18. The Kier molecular flexibility index (Phi) is 7.40.